The average Bonchev–Trinajstić information content (AvgIpc) is 2.39. The van der Waals surface area contributed by atoms with Gasteiger partial charge in [0.05, 0.1) is 11.1 Å². The summed E-state index contributed by atoms with van der Waals surface area (Å²) in [6.45, 7) is 4.09. The zero-order valence-electron chi connectivity index (χ0n) is 11.4. The summed E-state index contributed by atoms with van der Waals surface area (Å²) in [7, 11) is 0. The second-order valence-corrected chi connectivity index (χ2v) is 4.49. The first-order valence-corrected chi connectivity index (χ1v) is 6.62. The maximum atomic E-state index is 12.0. The average molecular weight is 264 g/mol. The van der Waals surface area contributed by atoms with Crippen LogP contribution >= 0.6 is 0 Å². The van der Waals surface area contributed by atoms with Gasteiger partial charge < -0.3 is 9.84 Å². The Balaban J connectivity index is 2.76. The van der Waals surface area contributed by atoms with Gasteiger partial charge in [0.25, 0.3) is 0 Å². The predicted molar refractivity (Wildman–Crippen MR) is 72.4 cm³/mol. The summed E-state index contributed by atoms with van der Waals surface area (Å²) >= 11 is 0. The fourth-order valence-corrected chi connectivity index (χ4v) is 1.90. The quantitative estimate of drug-likeness (QED) is 0.765. The van der Waals surface area contributed by atoms with E-state index in [1.54, 1.807) is 12.1 Å². The van der Waals surface area contributed by atoms with Gasteiger partial charge in [-0.2, -0.15) is 0 Å². The Morgan fingerprint density at radius 3 is 2.26 bits per heavy atom. The molecule has 0 aliphatic rings. The number of carboxylic acids is 1. The summed E-state index contributed by atoms with van der Waals surface area (Å²) in [6.07, 6.45) is 3.48. The molecule has 0 atom stereocenters. The van der Waals surface area contributed by atoms with E-state index in [4.69, 9.17) is 9.84 Å². The highest BCUT2D eigenvalue weighted by atomic mass is 16.5. The van der Waals surface area contributed by atoms with Gasteiger partial charge >= 0.3 is 11.9 Å². The van der Waals surface area contributed by atoms with Crippen LogP contribution in [-0.4, -0.2) is 23.1 Å². The second-order valence-electron chi connectivity index (χ2n) is 4.49. The smallest absolute Gasteiger partial charge is 0.338 e. The number of rotatable bonds is 7. The van der Waals surface area contributed by atoms with E-state index in [0.29, 0.717) is 0 Å². The van der Waals surface area contributed by atoms with Crippen molar-refractivity contribution in [2.75, 3.05) is 0 Å². The molecule has 4 nitrogen and oxygen atoms in total. The number of aromatic carboxylic acids is 1. The third kappa shape index (κ3) is 4.73. The van der Waals surface area contributed by atoms with E-state index in [2.05, 4.69) is 0 Å². The number of carbonyl (C=O) groups excluding carboxylic acids is 1. The van der Waals surface area contributed by atoms with Gasteiger partial charge in [-0.15, -0.1) is 0 Å². The van der Waals surface area contributed by atoms with Crippen LogP contribution < -0.4 is 0 Å². The van der Waals surface area contributed by atoms with Crippen molar-refractivity contribution >= 4 is 11.9 Å². The largest absolute Gasteiger partial charge is 0.478 e. The van der Waals surface area contributed by atoms with Crippen LogP contribution in [0.5, 0.6) is 0 Å². The molecular weight excluding hydrogens is 244 g/mol. The topological polar surface area (TPSA) is 63.6 Å². The number of ether oxygens (including phenoxy) is 1. The molecule has 19 heavy (non-hydrogen) atoms. The van der Waals surface area contributed by atoms with Crippen molar-refractivity contribution in [1.82, 2.24) is 0 Å². The fourth-order valence-electron chi connectivity index (χ4n) is 1.90. The zero-order chi connectivity index (χ0) is 14.3. The molecule has 0 unspecified atom stereocenters. The number of carbonyl (C=O) groups is 2. The molecule has 0 fully saturated rings. The third-order valence-electron chi connectivity index (χ3n) is 2.84. The van der Waals surface area contributed by atoms with Crippen LogP contribution in [0.3, 0.4) is 0 Å². The molecule has 0 radical (unpaired) electrons. The van der Waals surface area contributed by atoms with Crippen molar-refractivity contribution in [3.8, 4) is 0 Å². The van der Waals surface area contributed by atoms with Crippen LogP contribution in [0.25, 0.3) is 0 Å². The van der Waals surface area contributed by atoms with Gasteiger partial charge in [-0.05, 0) is 31.0 Å². The summed E-state index contributed by atoms with van der Waals surface area (Å²) < 4.78 is 5.42. The van der Waals surface area contributed by atoms with Crippen molar-refractivity contribution in [3.05, 3.63) is 35.4 Å². The first kappa shape index (κ1) is 15.2. The van der Waals surface area contributed by atoms with Crippen molar-refractivity contribution in [1.29, 1.82) is 0 Å². The van der Waals surface area contributed by atoms with Crippen LogP contribution in [-0.2, 0) is 4.74 Å². The van der Waals surface area contributed by atoms with Crippen LogP contribution in [0.1, 0.15) is 60.2 Å². The molecule has 0 spiro atoms. The maximum Gasteiger partial charge on any atom is 0.338 e. The van der Waals surface area contributed by atoms with E-state index in [1.807, 2.05) is 13.8 Å². The third-order valence-corrected chi connectivity index (χ3v) is 2.84. The first-order valence-electron chi connectivity index (χ1n) is 6.62. The minimum absolute atomic E-state index is 0.0871. The predicted octanol–water partition coefficient (Wildman–Crippen LogP) is 3.51. The Kier molecular flexibility index (Phi) is 6.06. The molecule has 1 aromatic carbocycles. The summed E-state index contributed by atoms with van der Waals surface area (Å²) in [5.41, 5.74) is 0.383. The highest BCUT2D eigenvalue weighted by Gasteiger charge is 2.15. The van der Waals surface area contributed by atoms with E-state index >= 15 is 0 Å². The fraction of sp³-hybridized carbons (Fsp3) is 0.467. The van der Waals surface area contributed by atoms with E-state index in [-0.39, 0.29) is 17.2 Å². The van der Waals surface area contributed by atoms with Gasteiger partial charge in [-0.3, -0.25) is 0 Å². The number of carboxylic acid groups (broad SMARTS) is 1. The maximum absolute atomic E-state index is 12.0. The van der Waals surface area contributed by atoms with Gasteiger partial charge in [0.2, 0.25) is 0 Å². The lowest BCUT2D eigenvalue weighted by molar-refractivity contribution is 0.0258. The lowest BCUT2D eigenvalue weighted by atomic mass is 10.1. The molecule has 0 amide bonds. The molecule has 0 aliphatic heterocycles. The monoisotopic (exact) mass is 264 g/mol. The lowest BCUT2D eigenvalue weighted by Crippen LogP contribution is -2.18. The van der Waals surface area contributed by atoms with E-state index < -0.39 is 11.9 Å². The Morgan fingerprint density at radius 1 is 1.16 bits per heavy atom. The molecule has 104 valence electrons. The zero-order valence-corrected chi connectivity index (χ0v) is 11.4. The van der Waals surface area contributed by atoms with Crippen LogP contribution in [0, 0.1) is 0 Å². The van der Waals surface area contributed by atoms with Gasteiger partial charge in [-0.1, -0.05) is 32.8 Å². The summed E-state index contributed by atoms with van der Waals surface area (Å²) in [5.74, 6) is -1.50. The van der Waals surface area contributed by atoms with Gasteiger partial charge in [0, 0.05) is 0 Å². The molecule has 4 heteroatoms. The van der Waals surface area contributed by atoms with Crippen molar-refractivity contribution in [3.63, 3.8) is 0 Å². The number of hydrogen-bond acceptors (Lipinski definition) is 3. The SMILES string of the molecule is CCCC(CCC)OC(=O)c1cccc(C(=O)O)c1. The number of benzene rings is 1. The summed E-state index contributed by atoms with van der Waals surface area (Å²) in [6, 6.07) is 5.92. The molecule has 0 aromatic heterocycles. The van der Waals surface area contributed by atoms with Crippen molar-refractivity contribution in [2.24, 2.45) is 0 Å². The van der Waals surface area contributed by atoms with Crippen LogP contribution in [0.4, 0.5) is 0 Å². The molecule has 0 bridgehead atoms. The molecule has 1 rings (SSSR count). The molecule has 1 N–H and O–H groups in total. The highest BCUT2D eigenvalue weighted by molar-refractivity contribution is 5.94. The minimum atomic E-state index is -1.05. The first-order chi connectivity index (χ1) is 9.08. The Morgan fingerprint density at radius 2 is 1.74 bits per heavy atom. The molecule has 0 saturated carbocycles. The normalized spacial score (nSPS) is 10.5. The van der Waals surface area contributed by atoms with E-state index in [1.165, 1.54) is 12.1 Å². The summed E-state index contributed by atoms with van der Waals surface area (Å²) in [4.78, 5) is 22.8. The summed E-state index contributed by atoms with van der Waals surface area (Å²) in [5, 5.41) is 8.89. The number of esters is 1. The van der Waals surface area contributed by atoms with E-state index in [9.17, 15) is 9.59 Å². The van der Waals surface area contributed by atoms with Gasteiger partial charge in [0.15, 0.2) is 0 Å². The lowest BCUT2D eigenvalue weighted by Gasteiger charge is -2.16. The Bertz CT molecular complexity index is 434. The van der Waals surface area contributed by atoms with E-state index in [0.717, 1.165) is 25.7 Å². The van der Waals surface area contributed by atoms with Gasteiger partial charge in [0.1, 0.15) is 6.10 Å². The second kappa shape index (κ2) is 7.56. The molecule has 0 saturated heterocycles. The molecule has 0 heterocycles. The van der Waals surface area contributed by atoms with Gasteiger partial charge in [-0.25, -0.2) is 9.59 Å². The Labute approximate surface area is 113 Å². The van der Waals surface area contributed by atoms with Crippen molar-refractivity contribution < 1.29 is 19.4 Å². The van der Waals surface area contributed by atoms with Crippen LogP contribution in [0.2, 0.25) is 0 Å². The standard InChI is InChI=1S/C15H20O4/c1-3-6-13(7-4-2)19-15(18)12-9-5-8-11(10-12)14(16)17/h5,8-10,13H,3-4,6-7H2,1-2H3,(H,16,17). The molecule has 0 aliphatic carbocycles. The molecule has 1 aromatic rings. The number of hydrogen-bond donors (Lipinski definition) is 1. The Hall–Kier alpha value is -1.84. The van der Waals surface area contributed by atoms with Crippen molar-refractivity contribution in [2.45, 2.75) is 45.6 Å². The highest BCUT2D eigenvalue weighted by Crippen LogP contribution is 2.14. The molecular formula is C15H20O4. The van der Waals surface area contributed by atoms with Crippen LogP contribution in [0.15, 0.2) is 24.3 Å². The minimum Gasteiger partial charge on any atom is -0.478 e.